The number of rotatable bonds is 11. The summed E-state index contributed by atoms with van der Waals surface area (Å²) in [7, 11) is 3.19. The number of amides is 2. The Morgan fingerprint density at radius 1 is 1.03 bits per heavy atom. The van der Waals surface area contributed by atoms with E-state index >= 15 is 0 Å². The zero-order valence-corrected chi connectivity index (χ0v) is 19.6. The van der Waals surface area contributed by atoms with Crippen molar-refractivity contribution in [2.75, 3.05) is 20.8 Å². The highest BCUT2D eigenvalue weighted by Gasteiger charge is 2.30. The van der Waals surface area contributed by atoms with Crippen molar-refractivity contribution in [3.8, 4) is 11.5 Å². The van der Waals surface area contributed by atoms with E-state index in [1.165, 1.54) is 11.3 Å². The van der Waals surface area contributed by atoms with Gasteiger partial charge in [0.25, 0.3) is 0 Å². The van der Waals surface area contributed by atoms with Crippen molar-refractivity contribution in [3.05, 3.63) is 94.7 Å². The molecule has 0 fully saturated rings. The second kappa shape index (κ2) is 11.9. The molecule has 0 aliphatic carbocycles. The van der Waals surface area contributed by atoms with Crippen molar-refractivity contribution >= 4 is 23.2 Å². The molecule has 0 unspecified atom stereocenters. The third-order valence-electron chi connectivity index (χ3n) is 5.17. The van der Waals surface area contributed by atoms with Crippen molar-refractivity contribution in [2.24, 2.45) is 0 Å². The molecule has 3 aromatic rings. The summed E-state index contributed by atoms with van der Waals surface area (Å²) in [6.45, 7) is 4.37. The van der Waals surface area contributed by atoms with Crippen LogP contribution in [0.1, 0.15) is 22.0 Å². The van der Waals surface area contributed by atoms with Gasteiger partial charge in [0.05, 0.1) is 20.6 Å². The molecule has 0 bridgehead atoms. The number of hydrogen-bond acceptors (Lipinski definition) is 5. The average molecular weight is 465 g/mol. The average Bonchev–Trinajstić information content (AvgIpc) is 3.36. The Balaban J connectivity index is 1.85. The molecule has 0 aliphatic rings. The first-order valence-electron chi connectivity index (χ1n) is 10.5. The summed E-state index contributed by atoms with van der Waals surface area (Å²) in [6, 6.07) is 17.7. The molecule has 0 aliphatic heterocycles. The van der Waals surface area contributed by atoms with Crippen molar-refractivity contribution in [1.29, 1.82) is 0 Å². The number of thiophene rings is 1. The number of carbonyl (C=O) groups is 2. The van der Waals surface area contributed by atoms with E-state index in [2.05, 4.69) is 11.9 Å². The van der Waals surface area contributed by atoms with Gasteiger partial charge in [-0.1, -0.05) is 36.4 Å². The third kappa shape index (κ3) is 6.46. The number of benzene rings is 2. The molecular formula is C26H28N2O4S. The normalized spacial score (nSPS) is 11.3. The van der Waals surface area contributed by atoms with E-state index in [9.17, 15) is 9.59 Å². The second-order valence-electron chi connectivity index (χ2n) is 7.33. The Labute approximate surface area is 198 Å². The van der Waals surface area contributed by atoms with E-state index < -0.39 is 6.04 Å². The van der Waals surface area contributed by atoms with E-state index in [0.717, 1.165) is 16.2 Å². The fourth-order valence-corrected chi connectivity index (χ4v) is 4.14. The first kappa shape index (κ1) is 24.1. The maximum Gasteiger partial charge on any atom is 0.247 e. The second-order valence-corrected chi connectivity index (χ2v) is 8.36. The number of ether oxygens (including phenoxy) is 2. The van der Waals surface area contributed by atoms with Crippen LogP contribution in [-0.2, 0) is 22.6 Å². The summed E-state index contributed by atoms with van der Waals surface area (Å²) in [5.41, 5.74) is 1.63. The molecule has 3 rings (SSSR count). The van der Waals surface area contributed by atoms with Crippen LogP contribution in [0.5, 0.6) is 11.5 Å². The van der Waals surface area contributed by atoms with Gasteiger partial charge in [-0.05, 0) is 46.8 Å². The van der Waals surface area contributed by atoms with Crippen LogP contribution in [0.2, 0.25) is 0 Å². The molecule has 172 valence electrons. The fourth-order valence-electron chi connectivity index (χ4n) is 3.44. The largest absolute Gasteiger partial charge is 0.497 e. The minimum absolute atomic E-state index is 0.141. The van der Waals surface area contributed by atoms with Crippen LogP contribution in [-0.4, -0.2) is 37.5 Å². The SMILES string of the molecule is C=CCN(C(=O)Cc1cccs1)[C@@H](C(=O)NCc1ccc(OC)cc1)c1ccc(OC)cc1. The summed E-state index contributed by atoms with van der Waals surface area (Å²) < 4.78 is 10.4. The van der Waals surface area contributed by atoms with Crippen LogP contribution in [0, 0.1) is 0 Å². The molecule has 2 amide bonds. The van der Waals surface area contributed by atoms with Crippen LogP contribution in [0.15, 0.2) is 78.7 Å². The summed E-state index contributed by atoms with van der Waals surface area (Å²) in [6.07, 6.45) is 1.86. The smallest absolute Gasteiger partial charge is 0.247 e. The first-order valence-corrected chi connectivity index (χ1v) is 11.4. The maximum atomic E-state index is 13.4. The molecule has 2 aromatic carbocycles. The highest BCUT2D eigenvalue weighted by atomic mass is 32.1. The molecule has 1 aromatic heterocycles. The first-order chi connectivity index (χ1) is 16.0. The lowest BCUT2D eigenvalue weighted by atomic mass is 10.0. The fraction of sp³-hybridized carbons (Fsp3) is 0.231. The van der Waals surface area contributed by atoms with Gasteiger partial charge < -0.3 is 19.7 Å². The number of methoxy groups -OCH3 is 2. The summed E-state index contributed by atoms with van der Waals surface area (Å²) in [5.74, 6) is 1.02. The van der Waals surface area contributed by atoms with Crippen LogP contribution in [0.3, 0.4) is 0 Å². The van der Waals surface area contributed by atoms with Crippen LogP contribution < -0.4 is 14.8 Å². The minimum atomic E-state index is -0.806. The van der Waals surface area contributed by atoms with Gasteiger partial charge in [0.15, 0.2) is 0 Å². The monoisotopic (exact) mass is 464 g/mol. The van der Waals surface area contributed by atoms with E-state index in [-0.39, 0.29) is 24.8 Å². The highest BCUT2D eigenvalue weighted by Crippen LogP contribution is 2.25. The van der Waals surface area contributed by atoms with Gasteiger partial charge in [0.2, 0.25) is 11.8 Å². The molecule has 1 atom stereocenters. The quantitative estimate of drug-likeness (QED) is 0.428. The Kier molecular flexibility index (Phi) is 8.66. The van der Waals surface area contributed by atoms with Gasteiger partial charge in [0.1, 0.15) is 17.5 Å². The van der Waals surface area contributed by atoms with E-state index in [1.54, 1.807) is 37.3 Å². The van der Waals surface area contributed by atoms with Crippen molar-refractivity contribution < 1.29 is 19.1 Å². The Morgan fingerprint density at radius 3 is 2.21 bits per heavy atom. The lowest BCUT2D eigenvalue weighted by Gasteiger charge is -2.30. The van der Waals surface area contributed by atoms with Gasteiger partial charge >= 0.3 is 0 Å². The Hall–Kier alpha value is -3.58. The zero-order valence-electron chi connectivity index (χ0n) is 18.8. The van der Waals surface area contributed by atoms with E-state index in [0.29, 0.717) is 17.9 Å². The van der Waals surface area contributed by atoms with Gasteiger partial charge in [-0.2, -0.15) is 0 Å². The lowest BCUT2D eigenvalue weighted by Crippen LogP contribution is -2.44. The molecule has 7 heteroatoms. The van der Waals surface area contributed by atoms with Crippen LogP contribution in [0.4, 0.5) is 0 Å². The van der Waals surface area contributed by atoms with Gasteiger partial charge in [-0.25, -0.2) is 0 Å². The lowest BCUT2D eigenvalue weighted by molar-refractivity contribution is -0.139. The molecule has 33 heavy (non-hydrogen) atoms. The summed E-state index contributed by atoms with van der Waals surface area (Å²) in [5, 5.41) is 4.91. The molecule has 1 N–H and O–H groups in total. The van der Waals surface area contributed by atoms with E-state index in [4.69, 9.17) is 9.47 Å². The molecule has 0 spiro atoms. The van der Waals surface area contributed by atoms with Gasteiger partial charge in [-0.3, -0.25) is 9.59 Å². The van der Waals surface area contributed by atoms with E-state index in [1.807, 2.05) is 53.9 Å². The number of nitrogens with zero attached hydrogens (tertiary/aromatic N) is 1. The zero-order chi connectivity index (χ0) is 23.6. The van der Waals surface area contributed by atoms with Crippen molar-refractivity contribution in [2.45, 2.75) is 19.0 Å². The van der Waals surface area contributed by atoms with Gasteiger partial charge in [-0.15, -0.1) is 17.9 Å². The topological polar surface area (TPSA) is 67.9 Å². The highest BCUT2D eigenvalue weighted by molar-refractivity contribution is 7.10. The standard InChI is InChI=1S/C26H28N2O4S/c1-4-15-28(24(29)17-23-6-5-16-33-23)25(20-9-13-22(32-3)14-10-20)26(30)27-18-19-7-11-21(31-2)12-8-19/h4-14,16,25H,1,15,17-18H2,2-3H3,(H,27,30)/t25-/m1/s1. The Morgan fingerprint density at radius 2 is 1.67 bits per heavy atom. The van der Waals surface area contributed by atoms with Gasteiger partial charge in [0, 0.05) is 18.0 Å². The van der Waals surface area contributed by atoms with Crippen molar-refractivity contribution in [1.82, 2.24) is 10.2 Å². The predicted octanol–water partition coefficient (Wildman–Crippen LogP) is 4.38. The third-order valence-corrected chi connectivity index (χ3v) is 6.05. The van der Waals surface area contributed by atoms with Crippen LogP contribution in [0.25, 0.3) is 0 Å². The number of hydrogen-bond donors (Lipinski definition) is 1. The Bertz CT molecular complexity index is 1050. The minimum Gasteiger partial charge on any atom is -0.497 e. The van der Waals surface area contributed by atoms with Crippen molar-refractivity contribution in [3.63, 3.8) is 0 Å². The molecule has 1 heterocycles. The molecule has 0 radical (unpaired) electrons. The molecule has 0 saturated carbocycles. The maximum absolute atomic E-state index is 13.4. The molecule has 6 nitrogen and oxygen atoms in total. The summed E-state index contributed by atoms with van der Waals surface area (Å²) >= 11 is 1.52. The molecule has 0 saturated heterocycles. The predicted molar refractivity (Wildman–Crippen MR) is 131 cm³/mol. The molecular weight excluding hydrogens is 436 g/mol. The summed E-state index contributed by atoms with van der Waals surface area (Å²) in [4.78, 5) is 29.2. The number of nitrogens with one attached hydrogen (secondary N) is 1. The number of carbonyl (C=O) groups excluding carboxylic acids is 2. The van der Waals surface area contributed by atoms with Crippen LogP contribution >= 0.6 is 11.3 Å².